The van der Waals surface area contributed by atoms with Crippen molar-refractivity contribution in [1.29, 1.82) is 0 Å². The van der Waals surface area contributed by atoms with E-state index in [-0.39, 0.29) is 12.6 Å². The third-order valence-electron chi connectivity index (χ3n) is 6.38. The largest absolute Gasteiger partial charge is 0.474 e. The molecule has 14 heteroatoms. The van der Waals surface area contributed by atoms with Crippen LogP contribution >= 0.6 is 0 Å². The Bertz CT molecular complexity index is 1690. The van der Waals surface area contributed by atoms with Crippen LogP contribution in [0.4, 0.5) is 5.82 Å². The molecular formula is C23H24N10O3S. The minimum Gasteiger partial charge on any atom is -0.474 e. The number of nitrogens with one attached hydrogen (secondary N) is 1. The summed E-state index contributed by atoms with van der Waals surface area (Å²) in [6.45, 7) is 1.05. The first kappa shape index (κ1) is 23.2. The molecule has 1 aliphatic heterocycles. The number of nitrogens with zero attached hydrogens (tertiary/aromatic N) is 8. The average Bonchev–Trinajstić information content (AvgIpc) is 3.53. The number of hydrogen-bond acceptors (Lipinski definition) is 10. The van der Waals surface area contributed by atoms with Crippen LogP contribution in [-0.2, 0) is 16.6 Å². The molecule has 1 aromatic carbocycles. The fourth-order valence-electron chi connectivity index (χ4n) is 4.55. The summed E-state index contributed by atoms with van der Waals surface area (Å²) in [5, 5.41) is 12.9. The number of anilines is 1. The second-order valence-electron chi connectivity index (χ2n) is 8.89. The van der Waals surface area contributed by atoms with Gasteiger partial charge in [0.05, 0.1) is 28.7 Å². The van der Waals surface area contributed by atoms with E-state index in [0.29, 0.717) is 60.2 Å². The predicted octanol–water partition coefficient (Wildman–Crippen LogP) is 1.59. The van der Waals surface area contributed by atoms with Crippen LogP contribution < -0.4 is 10.5 Å². The van der Waals surface area contributed by atoms with Crippen LogP contribution in [0.15, 0.2) is 43.0 Å². The SMILES string of the molecule is CS(=O)(=O)N1CCC(Oc2nc(Cn3nc(-c4cn[nH]c4)c4c(N)ncnc43)nc3ccccc23)CC1. The van der Waals surface area contributed by atoms with Crippen LogP contribution in [0.25, 0.3) is 33.2 Å². The van der Waals surface area contributed by atoms with Crippen LogP contribution in [0.2, 0.25) is 0 Å². The Morgan fingerprint density at radius 2 is 1.97 bits per heavy atom. The van der Waals surface area contributed by atoms with Gasteiger partial charge in [-0.1, -0.05) is 12.1 Å². The van der Waals surface area contributed by atoms with Crippen molar-refractivity contribution in [2.24, 2.45) is 0 Å². The Hall–Kier alpha value is -4.17. The van der Waals surface area contributed by atoms with E-state index >= 15 is 0 Å². The first-order chi connectivity index (χ1) is 17.9. The summed E-state index contributed by atoms with van der Waals surface area (Å²) < 4.78 is 33.2. The molecule has 6 rings (SSSR count). The molecular weight excluding hydrogens is 496 g/mol. The minimum atomic E-state index is -3.22. The van der Waals surface area contributed by atoms with Crippen molar-refractivity contribution in [3.8, 4) is 17.1 Å². The number of aromatic nitrogens is 8. The molecule has 0 unspecified atom stereocenters. The number of para-hydroxylation sites is 1. The number of benzene rings is 1. The van der Waals surface area contributed by atoms with Crippen molar-refractivity contribution in [3.63, 3.8) is 0 Å². The lowest BCUT2D eigenvalue weighted by Crippen LogP contribution is -2.41. The number of hydrogen-bond donors (Lipinski definition) is 2. The number of nitrogen functional groups attached to an aromatic ring is 1. The maximum absolute atomic E-state index is 11.9. The molecule has 5 heterocycles. The van der Waals surface area contributed by atoms with E-state index in [4.69, 9.17) is 25.5 Å². The van der Waals surface area contributed by atoms with E-state index in [1.807, 2.05) is 24.3 Å². The standard InChI is InChI=1S/C23H24N10O3S/c1-37(34,35)32-8-6-15(7-9-32)36-23-16-4-2-3-5-17(16)29-18(30-23)12-33-22-19(21(24)25-13-26-22)20(31-33)14-10-27-28-11-14/h2-5,10-11,13,15H,6-9,12H2,1H3,(H,27,28)(H2,24,25,26). The molecule has 0 atom stereocenters. The van der Waals surface area contributed by atoms with E-state index in [0.717, 1.165) is 16.5 Å². The number of nitrogens with two attached hydrogens (primary N) is 1. The first-order valence-electron chi connectivity index (χ1n) is 11.7. The minimum absolute atomic E-state index is 0.157. The Morgan fingerprint density at radius 1 is 1.16 bits per heavy atom. The number of piperidine rings is 1. The van der Waals surface area contributed by atoms with Crippen LogP contribution in [0.3, 0.4) is 0 Å². The first-order valence-corrected chi connectivity index (χ1v) is 13.6. The Labute approximate surface area is 211 Å². The quantitative estimate of drug-likeness (QED) is 0.335. The summed E-state index contributed by atoms with van der Waals surface area (Å²) in [6.07, 6.45) is 7.01. The number of sulfonamides is 1. The van der Waals surface area contributed by atoms with Crippen molar-refractivity contribution >= 4 is 37.8 Å². The van der Waals surface area contributed by atoms with Gasteiger partial charge < -0.3 is 10.5 Å². The van der Waals surface area contributed by atoms with Gasteiger partial charge in [0.25, 0.3) is 0 Å². The summed E-state index contributed by atoms with van der Waals surface area (Å²) >= 11 is 0. The molecule has 190 valence electrons. The van der Waals surface area contributed by atoms with Gasteiger partial charge in [-0.25, -0.2) is 32.4 Å². The van der Waals surface area contributed by atoms with E-state index in [1.165, 1.54) is 16.9 Å². The molecule has 4 aromatic heterocycles. The molecule has 37 heavy (non-hydrogen) atoms. The van der Waals surface area contributed by atoms with E-state index < -0.39 is 10.0 Å². The molecule has 1 saturated heterocycles. The van der Waals surface area contributed by atoms with Crippen molar-refractivity contribution in [1.82, 2.24) is 44.2 Å². The van der Waals surface area contributed by atoms with Gasteiger partial charge in [0.15, 0.2) is 11.5 Å². The maximum atomic E-state index is 11.9. The normalized spacial score (nSPS) is 15.5. The number of fused-ring (bicyclic) bond motifs is 2. The lowest BCUT2D eigenvalue weighted by Gasteiger charge is -2.30. The highest BCUT2D eigenvalue weighted by Gasteiger charge is 2.27. The zero-order valence-corrected chi connectivity index (χ0v) is 20.8. The van der Waals surface area contributed by atoms with Crippen molar-refractivity contribution in [2.75, 3.05) is 25.1 Å². The smallest absolute Gasteiger partial charge is 0.225 e. The Balaban J connectivity index is 1.35. The van der Waals surface area contributed by atoms with Crippen molar-refractivity contribution < 1.29 is 13.2 Å². The molecule has 0 spiro atoms. The molecule has 0 radical (unpaired) electrons. The molecule has 13 nitrogen and oxygen atoms in total. The van der Waals surface area contributed by atoms with E-state index in [1.54, 1.807) is 17.1 Å². The van der Waals surface area contributed by atoms with Gasteiger partial charge in [0, 0.05) is 24.8 Å². The zero-order valence-electron chi connectivity index (χ0n) is 19.9. The lowest BCUT2D eigenvalue weighted by atomic mass is 10.1. The van der Waals surface area contributed by atoms with Crippen LogP contribution in [-0.4, -0.2) is 78.1 Å². The summed E-state index contributed by atoms with van der Waals surface area (Å²) in [7, 11) is -3.22. The Morgan fingerprint density at radius 3 is 2.73 bits per heavy atom. The molecule has 0 saturated carbocycles. The van der Waals surface area contributed by atoms with E-state index in [9.17, 15) is 8.42 Å². The summed E-state index contributed by atoms with van der Waals surface area (Å²) in [4.78, 5) is 18.0. The van der Waals surface area contributed by atoms with Gasteiger partial charge in [0.1, 0.15) is 30.5 Å². The second kappa shape index (κ2) is 9.05. The maximum Gasteiger partial charge on any atom is 0.225 e. The molecule has 0 aliphatic carbocycles. The highest BCUT2D eigenvalue weighted by molar-refractivity contribution is 7.88. The zero-order chi connectivity index (χ0) is 25.6. The monoisotopic (exact) mass is 520 g/mol. The lowest BCUT2D eigenvalue weighted by molar-refractivity contribution is 0.131. The van der Waals surface area contributed by atoms with Crippen molar-refractivity contribution in [2.45, 2.75) is 25.5 Å². The number of aromatic amines is 1. The van der Waals surface area contributed by atoms with Gasteiger partial charge in [0.2, 0.25) is 15.9 Å². The highest BCUT2D eigenvalue weighted by Crippen LogP contribution is 2.30. The van der Waals surface area contributed by atoms with Gasteiger partial charge in [-0.2, -0.15) is 15.2 Å². The number of H-pyrrole nitrogens is 1. The third-order valence-corrected chi connectivity index (χ3v) is 7.69. The van der Waals surface area contributed by atoms with Crippen LogP contribution in [0.1, 0.15) is 18.7 Å². The molecule has 5 aromatic rings. The number of ether oxygens (including phenoxy) is 1. The number of rotatable bonds is 6. The molecule has 0 amide bonds. The average molecular weight is 521 g/mol. The summed E-state index contributed by atoms with van der Waals surface area (Å²) in [6, 6.07) is 7.62. The van der Waals surface area contributed by atoms with E-state index in [2.05, 4.69) is 20.2 Å². The Kier molecular flexibility index (Phi) is 5.68. The van der Waals surface area contributed by atoms with Gasteiger partial charge in [-0.15, -0.1) is 0 Å². The van der Waals surface area contributed by atoms with Gasteiger partial charge in [-0.05, 0) is 25.0 Å². The van der Waals surface area contributed by atoms with Gasteiger partial charge >= 0.3 is 0 Å². The fourth-order valence-corrected chi connectivity index (χ4v) is 5.42. The highest BCUT2D eigenvalue weighted by atomic mass is 32.2. The second-order valence-corrected chi connectivity index (χ2v) is 10.9. The summed E-state index contributed by atoms with van der Waals surface area (Å²) in [5.41, 5.74) is 8.83. The predicted molar refractivity (Wildman–Crippen MR) is 136 cm³/mol. The molecule has 3 N–H and O–H groups in total. The molecule has 0 bridgehead atoms. The van der Waals surface area contributed by atoms with Gasteiger partial charge in [-0.3, -0.25) is 5.10 Å². The molecule has 1 aliphatic rings. The topological polar surface area (TPSA) is 171 Å². The fraction of sp³-hybridized carbons (Fsp3) is 0.304. The van der Waals surface area contributed by atoms with Crippen molar-refractivity contribution in [3.05, 3.63) is 48.8 Å². The third kappa shape index (κ3) is 4.44. The molecule has 1 fully saturated rings. The van der Waals surface area contributed by atoms with Crippen LogP contribution in [0, 0.1) is 0 Å². The van der Waals surface area contributed by atoms with Crippen LogP contribution in [0.5, 0.6) is 5.88 Å². The summed E-state index contributed by atoms with van der Waals surface area (Å²) in [5.74, 6) is 1.26.